The minimum absolute atomic E-state index is 0.0323. The third-order valence-corrected chi connectivity index (χ3v) is 3.78. The summed E-state index contributed by atoms with van der Waals surface area (Å²) in [7, 11) is 1.83. The Kier molecular flexibility index (Phi) is 7.88. The Bertz CT molecular complexity index is 727. The minimum atomic E-state index is -0.0323. The first-order valence-corrected chi connectivity index (χ1v) is 8.86. The normalized spacial score (nSPS) is 11.3. The Labute approximate surface area is 158 Å². The molecule has 2 rings (SSSR count). The second kappa shape index (κ2) is 10.4. The lowest BCUT2D eigenvalue weighted by molar-refractivity contribution is -0.116. The zero-order valence-corrected chi connectivity index (χ0v) is 15.8. The first-order chi connectivity index (χ1) is 12.6. The number of nitrogens with one attached hydrogen (secondary N) is 3. The number of carbonyl (C=O) groups excluding carboxylic acids is 1. The van der Waals surface area contributed by atoms with Gasteiger partial charge in [-0.05, 0) is 37.6 Å². The van der Waals surface area contributed by atoms with Crippen LogP contribution < -0.4 is 16.0 Å². The van der Waals surface area contributed by atoms with Crippen molar-refractivity contribution in [3.05, 3.63) is 41.4 Å². The summed E-state index contributed by atoms with van der Waals surface area (Å²) in [4.78, 5) is 20.6. The molecular formula is C17H24ClN7O. The highest BCUT2D eigenvalue weighted by Crippen LogP contribution is 2.13. The molecule has 140 valence electrons. The third-order valence-electron chi connectivity index (χ3n) is 3.53. The van der Waals surface area contributed by atoms with Crippen LogP contribution in [0.3, 0.4) is 0 Å². The molecule has 0 aliphatic carbocycles. The lowest BCUT2D eigenvalue weighted by Crippen LogP contribution is -2.38. The van der Waals surface area contributed by atoms with E-state index in [1.807, 2.05) is 14.0 Å². The fourth-order valence-electron chi connectivity index (χ4n) is 2.17. The second-order valence-electron chi connectivity index (χ2n) is 5.58. The number of aliphatic imine (C=N–C) groups is 1. The first kappa shape index (κ1) is 19.7. The SMILES string of the molecule is CCNC(=NCc1ncnn1C)NCCCC(=O)Nc1ccc(Cl)cc1. The van der Waals surface area contributed by atoms with E-state index >= 15 is 0 Å². The van der Waals surface area contributed by atoms with Gasteiger partial charge >= 0.3 is 0 Å². The Morgan fingerprint density at radius 3 is 2.69 bits per heavy atom. The summed E-state index contributed by atoms with van der Waals surface area (Å²) in [5.41, 5.74) is 0.742. The molecule has 0 spiro atoms. The van der Waals surface area contributed by atoms with E-state index in [0.29, 0.717) is 36.9 Å². The Morgan fingerprint density at radius 2 is 2.04 bits per heavy atom. The van der Waals surface area contributed by atoms with E-state index in [9.17, 15) is 4.79 Å². The van der Waals surface area contributed by atoms with E-state index in [1.165, 1.54) is 6.33 Å². The number of rotatable bonds is 8. The number of amides is 1. The Morgan fingerprint density at radius 1 is 1.27 bits per heavy atom. The number of anilines is 1. The average Bonchev–Trinajstić information content (AvgIpc) is 3.03. The highest BCUT2D eigenvalue weighted by molar-refractivity contribution is 6.30. The molecule has 2 aromatic rings. The zero-order chi connectivity index (χ0) is 18.8. The largest absolute Gasteiger partial charge is 0.357 e. The number of halogens is 1. The second-order valence-corrected chi connectivity index (χ2v) is 6.02. The summed E-state index contributed by atoms with van der Waals surface area (Å²) < 4.78 is 1.69. The monoisotopic (exact) mass is 377 g/mol. The molecular weight excluding hydrogens is 354 g/mol. The molecule has 0 atom stereocenters. The highest BCUT2D eigenvalue weighted by atomic mass is 35.5. The van der Waals surface area contributed by atoms with Gasteiger partial charge in [-0.2, -0.15) is 5.10 Å². The van der Waals surface area contributed by atoms with E-state index in [2.05, 4.69) is 31.0 Å². The van der Waals surface area contributed by atoms with Crippen LogP contribution in [-0.4, -0.2) is 39.7 Å². The van der Waals surface area contributed by atoms with E-state index in [4.69, 9.17) is 11.6 Å². The van der Waals surface area contributed by atoms with Gasteiger partial charge in [-0.1, -0.05) is 11.6 Å². The van der Waals surface area contributed by atoms with Gasteiger partial charge in [-0.15, -0.1) is 0 Å². The number of guanidine groups is 1. The molecule has 1 heterocycles. The summed E-state index contributed by atoms with van der Waals surface area (Å²) in [6.07, 6.45) is 2.61. The quantitative estimate of drug-likeness (QED) is 0.371. The standard InChI is InChI=1S/C17H24ClN7O/c1-3-19-17(21-11-15-22-12-23-25(15)2)20-10-4-5-16(26)24-14-8-6-13(18)7-9-14/h6-9,12H,3-5,10-11H2,1-2H3,(H,24,26)(H2,19,20,21). The van der Waals surface area contributed by atoms with Crippen LogP contribution in [0.2, 0.25) is 5.02 Å². The van der Waals surface area contributed by atoms with Gasteiger partial charge < -0.3 is 16.0 Å². The number of aryl methyl sites for hydroxylation is 1. The molecule has 26 heavy (non-hydrogen) atoms. The van der Waals surface area contributed by atoms with Crippen LogP contribution >= 0.6 is 11.6 Å². The fraction of sp³-hybridized carbons (Fsp3) is 0.412. The lowest BCUT2D eigenvalue weighted by Gasteiger charge is -2.11. The highest BCUT2D eigenvalue weighted by Gasteiger charge is 2.04. The number of nitrogens with zero attached hydrogens (tertiary/aromatic N) is 4. The first-order valence-electron chi connectivity index (χ1n) is 8.49. The topological polar surface area (TPSA) is 96.2 Å². The van der Waals surface area contributed by atoms with Gasteiger partial charge in [0.05, 0.1) is 0 Å². The smallest absolute Gasteiger partial charge is 0.224 e. The zero-order valence-electron chi connectivity index (χ0n) is 15.0. The number of hydrogen-bond acceptors (Lipinski definition) is 4. The van der Waals surface area contributed by atoms with Gasteiger partial charge in [0.15, 0.2) is 5.96 Å². The Balaban J connectivity index is 1.72. The molecule has 0 saturated carbocycles. The maximum Gasteiger partial charge on any atom is 0.224 e. The van der Waals surface area contributed by atoms with Crippen LogP contribution in [-0.2, 0) is 18.4 Å². The van der Waals surface area contributed by atoms with Gasteiger partial charge in [-0.3, -0.25) is 9.48 Å². The number of carbonyl (C=O) groups is 1. The summed E-state index contributed by atoms with van der Waals surface area (Å²) >= 11 is 5.83. The van der Waals surface area contributed by atoms with Crippen molar-refractivity contribution in [1.29, 1.82) is 0 Å². The van der Waals surface area contributed by atoms with E-state index in [-0.39, 0.29) is 5.91 Å². The molecule has 3 N–H and O–H groups in total. The summed E-state index contributed by atoms with van der Waals surface area (Å²) in [6, 6.07) is 7.05. The summed E-state index contributed by atoms with van der Waals surface area (Å²) in [5.74, 6) is 1.44. The molecule has 1 amide bonds. The molecule has 0 unspecified atom stereocenters. The molecule has 0 aliphatic rings. The summed E-state index contributed by atoms with van der Waals surface area (Å²) in [5, 5.41) is 13.9. The maximum absolute atomic E-state index is 12.0. The molecule has 0 fully saturated rings. The van der Waals surface area contributed by atoms with E-state index < -0.39 is 0 Å². The van der Waals surface area contributed by atoms with Crippen LogP contribution in [0.15, 0.2) is 35.6 Å². The van der Waals surface area contributed by atoms with Gasteiger partial charge in [0.25, 0.3) is 0 Å². The van der Waals surface area contributed by atoms with Gasteiger partial charge in [0.2, 0.25) is 5.91 Å². The number of aromatic nitrogens is 3. The minimum Gasteiger partial charge on any atom is -0.357 e. The molecule has 0 radical (unpaired) electrons. The predicted molar refractivity (Wildman–Crippen MR) is 103 cm³/mol. The summed E-state index contributed by atoms with van der Waals surface area (Å²) in [6.45, 7) is 3.82. The molecule has 1 aromatic heterocycles. The van der Waals surface area contributed by atoms with E-state index in [0.717, 1.165) is 18.1 Å². The molecule has 0 saturated heterocycles. The molecule has 9 heteroatoms. The lowest BCUT2D eigenvalue weighted by atomic mass is 10.2. The van der Waals surface area contributed by atoms with Crippen LogP contribution in [0.25, 0.3) is 0 Å². The maximum atomic E-state index is 12.0. The van der Waals surface area contributed by atoms with Gasteiger partial charge in [0.1, 0.15) is 18.7 Å². The van der Waals surface area contributed by atoms with Crippen molar-refractivity contribution in [3.8, 4) is 0 Å². The van der Waals surface area contributed by atoms with Crippen molar-refractivity contribution in [2.45, 2.75) is 26.3 Å². The van der Waals surface area contributed by atoms with Crippen molar-refractivity contribution < 1.29 is 4.79 Å². The molecule has 1 aromatic carbocycles. The fourth-order valence-corrected chi connectivity index (χ4v) is 2.29. The van der Waals surface area contributed by atoms with Gasteiger partial charge in [-0.25, -0.2) is 9.98 Å². The average molecular weight is 378 g/mol. The van der Waals surface area contributed by atoms with Crippen LogP contribution in [0.4, 0.5) is 5.69 Å². The van der Waals surface area contributed by atoms with Crippen LogP contribution in [0, 0.1) is 0 Å². The molecule has 0 bridgehead atoms. The van der Waals surface area contributed by atoms with Gasteiger partial charge in [0, 0.05) is 37.3 Å². The van der Waals surface area contributed by atoms with E-state index in [1.54, 1.807) is 28.9 Å². The van der Waals surface area contributed by atoms with Crippen molar-refractivity contribution in [2.24, 2.45) is 12.0 Å². The predicted octanol–water partition coefficient (Wildman–Crippen LogP) is 1.94. The molecule has 8 nitrogen and oxygen atoms in total. The Hall–Kier alpha value is -2.61. The van der Waals surface area contributed by atoms with Crippen LogP contribution in [0.5, 0.6) is 0 Å². The van der Waals surface area contributed by atoms with Crippen molar-refractivity contribution in [3.63, 3.8) is 0 Å². The number of hydrogen-bond donors (Lipinski definition) is 3. The van der Waals surface area contributed by atoms with Crippen molar-refractivity contribution in [1.82, 2.24) is 25.4 Å². The van der Waals surface area contributed by atoms with Crippen LogP contribution in [0.1, 0.15) is 25.6 Å². The molecule has 0 aliphatic heterocycles. The number of benzene rings is 1. The van der Waals surface area contributed by atoms with Crippen molar-refractivity contribution >= 4 is 29.2 Å². The third kappa shape index (κ3) is 6.72. The van der Waals surface area contributed by atoms with Crippen molar-refractivity contribution in [2.75, 3.05) is 18.4 Å².